The number of carbonyl (C=O) groups excluding carboxylic acids is 2. The van der Waals surface area contributed by atoms with E-state index < -0.39 is 0 Å². The number of aromatic nitrogens is 1. The molecule has 0 unspecified atom stereocenters. The smallest absolute Gasteiger partial charge is 0.321 e. The molecule has 7 heteroatoms. The molecule has 1 aromatic heterocycles. The van der Waals surface area contributed by atoms with Crippen molar-refractivity contribution in [2.45, 2.75) is 38.6 Å². The first kappa shape index (κ1) is 16.1. The number of nitrogens with one attached hydrogen (secondary N) is 2. The van der Waals surface area contributed by atoms with Crippen LogP contribution < -0.4 is 10.6 Å². The summed E-state index contributed by atoms with van der Waals surface area (Å²) in [5, 5.41) is 6.67. The molecule has 130 valence electrons. The lowest BCUT2D eigenvalue weighted by Gasteiger charge is -2.17. The third kappa shape index (κ3) is 3.37. The van der Waals surface area contributed by atoms with Crippen LogP contribution in [0.2, 0.25) is 0 Å². The Morgan fingerprint density at radius 2 is 2.20 bits per heavy atom. The maximum absolute atomic E-state index is 12.4. The number of aryl methyl sites for hydroxylation is 2. The molecule has 0 spiro atoms. The van der Waals surface area contributed by atoms with Gasteiger partial charge < -0.3 is 15.5 Å². The fraction of sp³-hybridized carbons (Fsp3) is 0.389. The highest BCUT2D eigenvalue weighted by Gasteiger charge is 2.20. The molecular formula is C18H20N4O2S. The van der Waals surface area contributed by atoms with E-state index in [1.807, 2.05) is 12.1 Å². The standard InChI is InChI=1S/C18H20N4O2S/c1-22(10-17-21-14-4-2-3-5-15(14)25-17)18(24)19-12-6-7-13-11(8-12)9-16(23)20-13/h6-8H,2-5,9-10H2,1H3,(H,19,24)(H,20,23). The molecular weight excluding hydrogens is 336 g/mol. The Morgan fingerprint density at radius 3 is 3.04 bits per heavy atom. The summed E-state index contributed by atoms with van der Waals surface area (Å²) in [6, 6.07) is 5.30. The minimum absolute atomic E-state index is 0.0108. The zero-order chi connectivity index (χ0) is 17.4. The Kier molecular flexibility index (Phi) is 4.17. The highest BCUT2D eigenvalue weighted by molar-refractivity contribution is 7.11. The highest BCUT2D eigenvalue weighted by atomic mass is 32.1. The van der Waals surface area contributed by atoms with Gasteiger partial charge in [-0.3, -0.25) is 4.79 Å². The molecule has 0 radical (unpaired) electrons. The minimum atomic E-state index is -0.176. The van der Waals surface area contributed by atoms with Gasteiger partial charge in [0.2, 0.25) is 5.91 Å². The monoisotopic (exact) mass is 356 g/mol. The number of thiazole rings is 1. The van der Waals surface area contributed by atoms with Crippen molar-refractivity contribution in [1.29, 1.82) is 0 Å². The summed E-state index contributed by atoms with van der Waals surface area (Å²) >= 11 is 1.73. The number of benzene rings is 1. The van der Waals surface area contributed by atoms with Crippen molar-refractivity contribution in [2.75, 3.05) is 17.7 Å². The van der Waals surface area contributed by atoms with Gasteiger partial charge in [-0.15, -0.1) is 11.3 Å². The average molecular weight is 356 g/mol. The van der Waals surface area contributed by atoms with E-state index in [1.165, 1.54) is 23.4 Å². The first-order valence-electron chi connectivity index (χ1n) is 8.51. The molecule has 0 saturated carbocycles. The average Bonchev–Trinajstić information content (AvgIpc) is 3.15. The molecule has 1 aliphatic heterocycles. The number of amides is 3. The number of rotatable bonds is 3. The van der Waals surface area contributed by atoms with Gasteiger partial charge >= 0.3 is 6.03 Å². The van der Waals surface area contributed by atoms with E-state index in [4.69, 9.17) is 0 Å². The maximum atomic E-state index is 12.4. The molecule has 2 heterocycles. The van der Waals surface area contributed by atoms with Crippen molar-refractivity contribution < 1.29 is 9.59 Å². The van der Waals surface area contributed by atoms with Crippen molar-refractivity contribution >= 4 is 34.6 Å². The fourth-order valence-corrected chi connectivity index (χ4v) is 4.48. The third-order valence-electron chi connectivity index (χ3n) is 4.59. The zero-order valence-corrected chi connectivity index (χ0v) is 14.9. The second-order valence-corrected chi connectivity index (χ2v) is 7.74. The van der Waals surface area contributed by atoms with Gasteiger partial charge in [0.1, 0.15) is 5.01 Å². The number of urea groups is 1. The second kappa shape index (κ2) is 6.48. The van der Waals surface area contributed by atoms with Gasteiger partial charge in [0.05, 0.1) is 18.7 Å². The molecule has 2 N–H and O–H groups in total. The SMILES string of the molecule is CN(Cc1nc2c(s1)CCCC2)C(=O)Nc1ccc2c(c1)CC(=O)N2. The number of nitrogens with zero attached hydrogens (tertiary/aromatic N) is 2. The van der Waals surface area contributed by atoms with Crippen molar-refractivity contribution in [1.82, 2.24) is 9.88 Å². The lowest BCUT2D eigenvalue weighted by atomic mass is 10.0. The minimum Gasteiger partial charge on any atom is -0.326 e. The van der Waals surface area contributed by atoms with Crippen LogP contribution in [0, 0.1) is 0 Å². The number of anilines is 2. The molecule has 25 heavy (non-hydrogen) atoms. The van der Waals surface area contributed by atoms with Crippen LogP contribution in [0.3, 0.4) is 0 Å². The number of hydrogen-bond donors (Lipinski definition) is 2. The Balaban J connectivity index is 1.40. The van der Waals surface area contributed by atoms with Crippen LogP contribution in [0.1, 0.15) is 34.0 Å². The lowest BCUT2D eigenvalue weighted by molar-refractivity contribution is -0.115. The van der Waals surface area contributed by atoms with E-state index >= 15 is 0 Å². The Labute approximate surface area is 150 Å². The van der Waals surface area contributed by atoms with Crippen LogP contribution >= 0.6 is 11.3 Å². The predicted molar refractivity (Wildman–Crippen MR) is 98.0 cm³/mol. The summed E-state index contributed by atoms with van der Waals surface area (Å²) < 4.78 is 0. The topological polar surface area (TPSA) is 74.3 Å². The highest BCUT2D eigenvalue weighted by Crippen LogP contribution is 2.28. The van der Waals surface area contributed by atoms with Gasteiger partial charge in [-0.25, -0.2) is 9.78 Å². The predicted octanol–water partition coefficient (Wildman–Crippen LogP) is 3.18. The van der Waals surface area contributed by atoms with E-state index in [-0.39, 0.29) is 11.9 Å². The van der Waals surface area contributed by atoms with Crippen LogP contribution in [-0.2, 0) is 30.6 Å². The summed E-state index contributed by atoms with van der Waals surface area (Å²) in [4.78, 5) is 31.6. The van der Waals surface area contributed by atoms with Crippen molar-refractivity contribution in [3.63, 3.8) is 0 Å². The first-order valence-corrected chi connectivity index (χ1v) is 9.32. The van der Waals surface area contributed by atoms with Crippen LogP contribution in [0.4, 0.5) is 16.2 Å². The van der Waals surface area contributed by atoms with E-state index in [0.717, 1.165) is 29.1 Å². The molecule has 0 saturated heterocycles. The summed E-state index contributed by atoms with van der Waals surface area (Å²) in [5.41, 5.74) is 3.66. The molecule has 2 aromatic rings. The molecule has 4 rings (SSSR count). The zero-order valence-electron chi connectivity index (χ0n) is 14.1. The molecule has 6 nitrogen and oxygen atoms in total. The summed E-state index contributed by atoms with van der Waals surface area (Å²) in [6.07, 6.45) is 4.98. The van der Waals surface area contributed by atoms with E-state index in [2.05, 4.69) is 15.6 Å². The van der Waals surface area contributed by atoms with E-state index in [1.54, 1.807) is 29.4 Å². The van der Waals surface area contributed by atoms with Crippen molar-refractivity contribution in [3.05, 3.63) is 39.3 Å². The largest absolute Gasteiger partial charge is 0.326 e. The molecule has 1 aliphatic carbocycles. The molecule has 0 bridgehead atoms. The van der Waals surface area contributed by atoms with Gasteiger partial charge in [0.15, 0.2) is 0 Å². The van der Waals surface area contributed by atoms with Gasteiger partial charge in [0, 0.05) is 23.3 Å². The van der Waals surface area contributed by atoms with E-state index in [0.29, 0.717) is 18.7 Å². The second-order valence-electron chi connectivity index (χ2n) is 6.57. The Morgan fingerprint density at radius 1 is 1.36 bits per heavy atom. The quantitative estimate of drug-likeness (QED) is 0.887. The normalized spacial score (nSPS) is 15.3. The Hall–Kier alpha value is -2.41. The van der Waals surface area contributed by atoms with Gasteiger partial charge in [-0.05, 0) is 49.4 Å². The van der Waals surface area contributed by atoms with Crippen molar-refractivity contribution in [3.8, 4) is 0 Å². The van der Waals surface area contributed by atoms with Gasteiger partial charge in [-0.1, -0.05) is 0 Å². The van der Waals surface area contributed by atoms with Gasteiger partial charge in [-0.2, -0.15) is 0 Å². The number of carbonyl (C=O) groups is 2. The first-order chi connectivity index (χ1) is 12.1. The third-order valence-corrected chi connectivity index (χ3v) is 5.73. The summed E-state index contributed by atoms with van der Waals surface area (Å²) in [5.74, 6) is -0.0108. The molecule has 0 fully saturated rings. The van der Waals surface area contributed by atoms with Crippen LogP contribution in [0.25, 0.3) is 0 Å². The molecule has 1 aromatic carbocycles. The molecule has 2 aliphatic rings. The maximum Gasteiger partial charge on any atom is 0.321 e. The van der Waals surface area contributed by atoms with E-state index in [9.17, 15) is 9.59 Å². The van der Waals surface area contributed by atoms with Gasteiger partial charge in [0.25, 0.3) is 0 Å². The Bertz CT molecular complexity index is 822. The fourth-order valence-electron chi connectivity index (χ4n) is 3.27. The molecule has 0 atom stereocenters. The number of fused-ring (bicyclic) bond motifs is 2. The van der Waals surface area contributed by atoms with Crippen LogP contribution in [0.5, 0.6) is 0 Å². The molecule has 3 amide bonds. The summed E-state index contributed by atoms with van der Waals surface area (Å²) in [7, 11) is 1.77. The number of hydrogen-bond acceptors (Lipinski definition) is 4. The summed E-state index contributed by atoms with van der Waals surface area (Å²) in [6.45, 7) is 0.508. The van der Waals surface area contributed by atoms with Crippen molar-refractivity contribution in [2.24, 2.45) is 0 Å². The van der Waals surface area contributed by atoms with Crippen LogP contribution in [-0.4, -0.2) is 28.9 Å². The lowest BCUT2D eigenvalue weighted by Crippen LogP contribution is -2.30. The van der Waals surface area contributed by atoms with Crippen LogP contribution in [0.15, 0.2) is 18.2 Å².